The molecule has 1 amide bonds. The molecule has 0 radical (unpaired) electrons. The largest absolute Gasteiger partial charge is 0.348 e. The van der Waals surface area contributed by atoms with Crippen LogP contribution in [-0.4, -0.2) is 38.9 Å². The van der Waals surface area contributed by atoms with Crippen molar-refractivity contribution in [1.82, 2.24) is 14.9 Å². The number of nitrogens with zero attached hydrogens (tertiary/aromatic N) is 2. The summed E-state index contributed by atoms with van der Waals surface area (Å²) in [6.07, 6.45) is 11.7. The average molecular weight is 316 g/mol. The van der Waals surface area contributed by atoms with Crippen molar-refractivity contribution < 1.29 is 4.79 Å². The van der Waals surface area contributed by atoms with Gasteiger partial charge in [0.1, 0.15) is 0 Å². The monoisotopic (exact) mass is 316 g/mol. The second-order valence-electron chi connectivity index (χ2n) is 8.11. The molecule has 4 aliphatic rings. The first-order chi connectivity index (χ1) is 11.1. The van der Waals surface area contributed by atoms with Gasteiger partial charge in [-0.05, 0) is 63.2 Å². The van der Waals surface area contributed by atoms with E-state index in [9.17, 15) is 4.79 Å². The van der Waals surface area contributed by atoms with E-state index in [1.54, 1.807) is 12.5 Å². The van der Waals surface area contributed by atoms with Crippen LogP contribution in [0, 0.1) is 17.8 Å². The molecule has 1 atom stereocenters. The van der Waals surface area contributed by atoms with Gasteiger partial charge in [-0.15, -0.1) is 0 Å². The van der Waals surface area contributed by atoms with Gasteiger partial charge in [0, 0.05) is 30.4 Å². The van der Waals surface area contributed by atoms with Gasteiger partial charge in [-0.2, -0.15) is 0 Å². The zero-order valence-corrected chi connectivity index (χ0v) is 14.0. The first-order valence-electron chi connectivity index (χ1n) is 9.14. The van der Waals surface area contributed by atoms with E-state index in [1.165, 1.54) is 38.5 Å². The van der Waals surface area contributed by atoms with Crippen molar-refractivity contribution >= 4 is 5.91 Å². The SMILES string of the molecule is CCN(C(=O)[C@@H](N)Cc1cnc[nH]1)C12CC3CC(CC(C3)C1)C2. The molecular weight excluding hydrogens is 288 g/mol. The summed E-state index contributed by atoms with van der Waals surface area (Å²) < 4.78 is 0. The van der Waals surface area contributed by atoms with Gasteiger partial charge in [-0.3, -0.25) is 4.79 Å². The van der Waals surface area contributed by atoms with Crippen molar-refractivity contribution in [3.05, 3.63) is 18.2 Å². The molecule has 0 unspecified atom stereocenters. The Kier molecular flexibility index (Phi) is 3.71. The van der Waals surface area contributed by atoms with E-state index in [4.69, 9.17) is 5.73 Å². The number of hydrogen-bond donors (Lipinski definition) is 2. The minimum absolute atomic E-state index is 0.103. The minimum atomic E-state index is -0.469. The van der Waals surface area contributed by atoms with Gasteiger partial charge < -0.3 is 15.6 Å². The standard InChI is InChI=1S/C18H28N4O/c1-2-22(17(23)16(19)6-15-10-20-11-21-15)18-7-12-3-13(8-18)5-14(4-12)9-18/h10-14,16H,2-9,19H2,1H3,(H,20,21)/t12?,13?,14?,16-,18?/m0/s1. The molecule has 5 heteroatoms. The number of nitrogens with one attached hydrogen (secondary N) is 1. The van der Waals surface area contributed by atoms with Crippen molar-refractivity contribution in [2.75, 3.05) is 6.54 Å². The maximum atomic E-state index is 13.1. The Balaban J connectivity index is 1.52. The molecule has 0 aliphatic heterocycles. The van der Waals surface area contributed by atoms with Crippen LogP contribution in [-0.2, 0) is 11.2 Å². The molecule has 1 aromatic heterocycles. The highest BCUT2D eigenvalue weighted by atomic mass is 16.2. The molecule has 1 heterocycles. The van der Waals surface area contributed by atoms with E-state index >= 15 is 0 Å². The van der Waals surface area contributed by atoms with Gasteiger partial charge in [0.05, 0.1) is 12.4 Å². The van der Waals surface area contributed by atoms with Crippen LogP contribution in [0.5, 0.6) is 0 Å². The van der Waals surface area contributed by atoms with Gasteiger partial charge in [0.25, 0.3) is 0 Å². The third-order valence-electron chi connectivity index (χ3n) is 6.47. The van der Waals surface area contributed by atoms with Gasteiger partial charge in [-0.25, -0.2) is 4.98 Å². The highest BCUT2D eigenvalue weighted by molar-refractivity contribution is 5.82. The number of nitrogens with two attached hydrogens (primary N) is 1. The second kappa shape index (κ2) is 5.62. The van der Waals surface area contributed by atoms with Gasteiger partial charge >= 0.3 is 0 Å². The van der Waals surface area contributed by atoms with Crippen LogP contribution in [0.4, 0.5) is 0 Å². The lowest BCUT2D eigenvalue weighted by Gasteiger charge is -2.60. The summed E-state index contributed by atoms with van der Waals surface area (Å²) in [5.74, 6) is 2.65. The fraction of sp³-hybridized carbons (Fsp3) is 0.778. The van der Waals surface area contributed by atoms with E-state index in [2.05, 4.69) is 21.8 Å². The number of imidazole rings is 1. The molecule has 5 rings (SSSR count). The van der Waals surface area contributed by atoms with Crippen LogP contribution >= 0.6 is 0 Å². The van der Waals surface area contributed by atoms with Crippen LogP contribution < -0.4 is 5.73 Å². The molecule has 4 bridgehead atoms. The van der Waals surface area contributed by atoms with E-state index in [0.29, 0.717) is 6.42 Å². The molecule has 4 fully saturated rings. The topological polar surface area (TPSA) is 75.0 Å². The fourth-order valence-corrected chi connectivity index (χ4v) is 6.04. The molecule has 1 aromatic rings. The summed E-state index contributed by atoms with van der Waals surface area (Å²) in [5.41, 5.74) is 7.31. The van der Waals surface area contributed by atoms with E-state index in [0.717, 1.165) is 30.0 Å². The molecule has 4 saturated carbocycles. The lowest BCUT2D eigenvalue weighted by molar-refractivity contribution is -0.151. The number of aromatic amines is 1. The maximum Gasteiger partial charge on any atom is 0.240 e. The Labute approximate surface area is 138 Å². The predicted molar refractivity (Wildman–Crippen MR) is 88.6 cm³/mol. The van der Waals surface area contributed by atoms with Gasteiger partial charge in [-0.1, -0.05) is 0 Å². The number of H-pyrrole nitrogens is 1. The van der Waals surface area contributed by atoms with Crippen molar-refractivity contribution in [2.45, 2.75) is 63.5 Å². The van der Waals surface area contributed by atoms with Crippen molar-refractivity contribution in [2.24, 2.45) is 23.5 Å². The zero-order chi connectivity index (χ0) is 16.0. The smallest absolute Gasteiger partial charge is 0.240 e. The fourth-order valence-electron chi connectivity index (χ4n) is 6.04. The molecule has 4 aliphatic carbocycles. The van der Waals surface area contributed by atoms with Crippen molar-refractivity contribution in [3.8, 4) is 0 Å². The van der Waals surface area contributed by atoms with Crippen molar-refractivity contribution in [1.29, 1.82) is 0 Å². The lowest BCUT2D eigenvalue weighted by atomic mass is 9.52. The molecule has 126 valence electrons. The molecule has 5 nitrogen and oxygen atoms in total. The minimum Gasteiger partial charge on any atom is -0.348 e. The Morgan fingerprint density at radius 1 is 1.35 bits per heavy atom. The average Bonchev–Trinajstić information content (AvgIpc) is 2.99. The van der Waals surface area contributed by atoms with E-state index in [1.807, 2.05) is 0 Å². The normalized spacial score (nSPS) is 36.2. The quantitative estimate of drug-likeness (QED) is 0.873. The summed E-state index contributed by atoms with van der Waals surface area (Å²) in [6, 6.07) is -0.469. The summed E-state index contributed by atoms with van der Waals surface area (Å²) in [5, 5.41) is 0. The lowest BCUT2D eigenvalue weighted by Crippen LogP contribution is -2.63. The Morgan fingerprint density at radius 3 is 2.43 bits per heavy atom. The van der Waals surface area contributed by atoms with Crippen LogP contribution in [0.3, 0.4) is 0 Å². The number of carbonyl (C=O) groups excluding carboxylic acids is 1. The maximum absolute atomic E-state index is 13.1. The zero-order valence-electron chi connectivity index (χ0n) is 14.0. The van der Waals surface area contributed by atoms with Crippen LogP contribution in [0.25, 0.3) is 0 Å². The third-order valence-corrected chi connectivity index (χ3v) is 6.47. The first kappa shape index (κ1) is 15.2. The number of amides is 1. The molecular formula is C18H28N4O. The van der Waals surface area contributed by atoms with E-state index in [-0.39, 0.29) is 11.4 Å². The highest BCUT2D eigenvalue weighted by Gasteiger charge is 2.54. The number of hydrogen-bond acceptors (Lipinski definition) is 3. The third kappa shape index (κ3) is 2.59. The highest BCUT2D eigenvalue weighted by Crippen LogP contribution is 2.57. The molecule has 0 saturated heterocycles. The number of likely N-dealkylation sites (N-methyl/N-ethyl adjacent to an activating group) is 1. The van der Waals surface area contributed by atoms with E-state index < -0.39 is 6.04 Å². The molecule has 0 aromatic carbocycles. The van der Waals surface area contributed by atoms with Crippen molar-refractivity contribution in [3.63, 3.8) is 0 Å². The predicted octanol–water partition coefficient (Wildman–Crippen LogP) is 2.10. The van der Waals surface area contributed by atoms with Crippen LogP contribution in [0.2, 0.25) is 0 Å². The Morgan fingerprint density at radius 2 is 1.96 bits per heavy atom. The Bertz CT molecular complexity index is 532. The molecule has 23 heavy (non-hydrogen) atoms. The van der Waals surface area contributed by atoms with Crippen LogP contribution in [0.15, 0.2) is 12.5 Å². The van der Waals surface area contributed by atoms with Gasteiger partial charge in [0.15, 0.2) is 0 Å². The number of carbonyl (C=O) groups is 1. The summed E-state index contributed by atoms with van der Waals surface area (Å²) >= 11 is 0. The number of rotatable bonds is 5. The second-order valence-corrected chi connectivity index (χ2v) is 8.11. The van der Waals surface area contributed by atoms with Gasteiger partial charge in [0.2, 0.25) is 5.91 Å². The van der Waals surface area contributed by atoms with Crippen LogP contribution in [0.1, 0.15) is 51.1 Å². The first-order valence-corrected chi connectivity index (χ1v) is 9.14. The summed E-state index contributed by atoms with van der Waals surface area (Å²) in [7, 11) is 0. The summed E-state index contributed by atoms with van der Waals surface area (Å²) in [6.45, 7) is 2.89. The molecule has 3 N–H and O–H groups in total. The number of aromatic nitrogens is 2. The molecule has 0 spiro atoms. The summed E-state index contributed by atoms with van der Waals surface area (Å²) in [4.78, 5) is 22.3. The Hall–Kier alpha value is -1.36.